The van der Waals surface area contributed by atoms with Crippen molar-refractivity contribution in [2.75, 3.05) is 0 Å². The van der Waals surface area contributed by atoms with Crippen LogP contribution in [0, 0.1) is 18.3 Å². The number of aromatic carboxylic acids is 1. The number of benzene rings is 1. The standard InChI is InChI=1S/C11H9NO2/c1-8-4-5-10(11(13)14)9(7-8)3-2-6-12/h2-5,7H,1H3,(H,13,14)/b3-2+. The normalized spacial score (nSPS) is 10.0. The van der Waals surface area contributed by atoms with Crippen LogP contribution in [0.15, 0.2) is 24.3 Å². The first-order chi connectivity index (χ1) is 6.65. The SMILES string of the molecule is Cc1ccc(C(=O)O)c(/C=C/C#N)c1. The fourth-order valence-electron chi connectivity index (χ4n) is 1.14. The highest BCUT2D eigenvalue weighted by molar-refractivity contribution is 5.92. The molecule has 1 rings (SSSR count). The molecule has 70 valence electrons. The molecule has 0 aliphatic carbocycles. The number of nitriles is 1. The van der Waals surface area contributed by atoms with Crippen molar-refractivity contribution in [3.63, 3.8) is 0 Å². The van der Waals surface area contributed by atoms with E-state index in [1.54, 1.807) is 12.1 Å². The molecule has 3 heteroatoms. The first kappa shape index (κ1) is 10.0. The van der Waals surface area contributed by atoms with Crippen molar-refractivity contribution in [2.24, 2.45) is 0 Å². The van der Waals surface area contributed by atoms with Gasteiger partial charge < -0.3 is 5.11 Å². The lowest BCUT2D eigenvalue weighted by Gasteiger charge is -2.01. The van der Waals surface area contributed by atoms with Crippen molar-refractivity contribution in [1.82, 2.24) is 0 Å². The number of carbonyl (C=O) groups is 1. The molecule has 0 aliphatic rings. The molecule has 0 saturated heterocycles. The van der Waals surface area contributed by atoms with Crippen LogP contribution in [0.4, 0.5) is 0 Å². The Labute approximate surface area is 81.9 Å². The second-order valence-corrected chi connectivity index (χ2v) is 2.86. The molecule has 0 radical (unpaired) electrons. The van der Waals surface area contributed by atoms with Crippen LogP contribution in [0.25, 0.3) is 6.08 Å². The molecule has 0 unspecified atom stereocenters. The van der Waals surface area contributed by atoms with E-state index in [2.05, 4.69) is 0 Å². The summed E-state index contributed by atoms with van der Waals surface area (Å²) in [4.78, 5) is 10.8. The lowest BCUT2D eigenvalue weighted by Crippen LogP contribution is -1.99. The third-order valence-corrected chi connectivity index (χ3v) is 1.77. The van der Waals surface area contributed by atoms with E-state index >= 15 is 0 Å². The van der Waals surface area contributed by atoms with Crippen molar-refractivity contribution in [2.45, 2.75) is 6.92 Å². The van der Waals surface area contributed by atoms with Crippen molar-refractivity contribution in [1.29, 1.82) is 5.26 Å². The van der Waals surface area contributed by atoms with Crippen LogP contribution >= 0.6 is 0 Å². The Bertz CT molecular complexity index is 427. The second kappa shape index (κ2) is 4.24. The number of aryl methyl sites for hydroxylation is 1. The minimum absolute atomic E-state index is 0.210. The highest BCUT2D eigenvalue weighted by Gasteiger charge is 2.06. The first-order valence-corrected chi connectivity index (χ1v) is 4.05. The third-order valence-electron chi connectivity index (χ3n) is 1.77. The number of hydrogen-bond acceptors (Lipinski definition) is 2. The first-order valence-electron chi connectivity index (χ1n) is 4.05. The minimum Gasteiger partial charge on any atom is -0.478 e. The van der Waals surface area contributed by atoms with E-state index in [-0.39, 0.29) is 5.56 Å². The lowest BCUT2D eigenvalue weighted by molar-refractivity contribution is 0.0696. The van der Waals surface area contributed by atoms with E-state index in [0.29, 0.717) is 5.56 Å². The maximum Gasteiger partial charge on any atom is 0.336 e. The van der Waals surface area contributed by atoms with E-state index in [0.717, 1.165) is 5.56 Å². The Balaban J connectivity index is 3.24. The molecule has 0 spiro atoms. The molecule has 0 amide bonds. The average molecular weight is 187 g/mol. The number of hydrogen-bond donors (Lipinski definition) is 1. The maximum atomic E-state index is 10.8. The van der Waals surface area contributed by atoms with Gasteiger partial charge in [-0.05, 0) is 24.6 Å². The summed E-state index contributed by atoms with van der Waals surface area (Å²) in [5, 5.41) is 17.2. The Kier molecular flexibility index (Phi) is 3.03. The molecule has 0 atom stereocenters. The Morgan fingerprint density at radius 1 is 1.57 bits per heavy atom. The van der Waals surface area contributed by atoms with Crippen molar-refractivity contribution in [3.05, 3.63) is 41.0 Å². The maximum absolute atomic E-state index is 10.8. The molecule has 1 aromatic rings. The molecule has 1 aromatic carbocycles. The fraction of sp³-hybridized carbons (Fsp3) is 0.0909. The highest BCUT2D eigenvalue weighted by Crippen LogP contribution is 2.13. The van der Waals surface area contributed by atoms with Gasteiger partial charge in [0.1, 0.15) is 0 Å². The molecule has 3 nitrogen and oxygen atoms in total. The molecule has 0 bridgehead atoms. The van der Waals surface area contributed by atoms with Gasteiger partial charge in [-0.25, -0.2) is 4.79 Å². The van der Waals surface area contributed by atoms with Gasteiger partial charge in [-0.15, -0.1) is 0 Å². The minimum atomic E-state index is -0.984. The van der Waals surface area contributed by atoms with Crippen molar-refractivity contribution in [3.8, 4) is 6.07 Å². The van der Waals surface area contributed by atoms with Crippen LogP contribution in [0.3, 0.4) is 0 Å². The van der Waals surface area contributed by atoms with E-state index in [1.165, 1.54) is 18.2 Å². The van der Waals surface area contributed by atoms with Gasteiger partial charge in [0.2, 0.25) is 0 Å². The van der Waals surface area contributed by atoms with Gasteiger partial charge in [-0.1, -0.05) is 17.7 Å². The molecular formula is C11H9NO2. The summed E-state index contributed by atoms with van der Waals surface area (Å²) < 4.78 is 0. The zero-order valence-corrected chi connectivity index (χ0v) is 7.69. The van der Waals surface area contributed by atoms with Gasteiger partial charge >= 0.3 is 5.97 Å². The molecule has 0 heterocycles. The molecule has 0 saturated carbocycles. The summed E-state index contributed by atoms with van der Waals surface area (Å²) in [5.41, 5.74) is 1.73. The van der Waals surface area contributed by atoms with Crippen LogP contribution in [0.5, 0.6) is 0 Å². The predicted molar refractivity (Wildman–Crippen MR) is 52.8 cm³/mol. The molecule has 0 fully saturated rings. The summed E-state index contributed by atoms with van der Waals surface area (Å²) in [7, 11) is 0. The average Bonchev–Trinajstić information content (AvgIpc) is 2.14. The predicted octanol–water partition coefficient (Wildman–Crippen LogP) is 2.23. The van der Waals surface area contributed by atoms with Gasteiger partial charge in [-0.2, -0.15) is 5.26 Å². The summed E-state index contributed by atoms with van der Waals surface area (Å²) >= 11 is 0. The van der Waals surface area contributed by atoms with Gasteiger partial charge in [0.05, 0.1) is 11.6 Å². The topological polar surface area (TPSA) is 61.1 Å². The summed E-state index contributed by atoms with van der Waals surface area (Å²) in [6.07, 6.45) is 2.76. The number of carboxylic acid groups (broad SMARTS) is 1. The van der Waals surface area contributed by atoms with E-state index in [1.807, 2.05) is 13.0 Å². The number of carboxylic acids is 1. The number of allylic oxidation sites excluding steroid dienone is 1. The Morgan fingerprint density at radius 3 is 2.86 bits per heavy atom. The summed E-state index contributed by atoms with van der Waals surface area (Å²) in [5.74, 6) is -0.984. The fourth-order valence-corrected chi connectivity index (χ4v) is 1.14. The van der Waals surface area contributed by atoms with Crippen molar-refractivity contribution >= 4 is 12.0 Å². The quantitative estimate of drug-likeness (QED) is 0.722. The van der Waals surface area contributed by atoms with Gasteiger partial charge in [0.25, 0.3) is 0 Å². The van der Waals surface area contributed by atoms with Crippen LogP contribution in [0.2, 0.25) is 0 Å². The zero-order valence-electron chi connectivity index (χ0n) is 7.69. The number of nitrogens with zero attached hydrogens (tertiary/aromatic N) is 1. The van der Waals surface area contributed by atoms with E-state index in [4.69, 9.17) is 10.4 Å². The smallest absolute Gasteiger partial charge is 0.336 e. The largest absolute Gasteiger partial charge is 0.478 e. The lowest BCUT2D eigenvalue weighted by atomic mass is 10.0. The summed E-state index contributed by atoms with van der Waals surface area (Å²) in [6, 6.07) is 6.83. The van der Waals surface area contributed by atoms with Gasteiger partial charge in [0.15, 0.2) is 0 Å². The summed E-state index contributed by atoms with van der Waals surface area (Å²) in [6.45, 7) is 1.87. The van der Waals surface area contributed by atoms with Crippen molar-refractivity contribution < 1.29 is 9.90 Å². The van der Waals surface area contributed by atoms with E-state index in [9.17, 15) is 4.79 Å². The zero-order chi connectivity index (χ0) is 10.6. The van der Waals surface area contributed by atoms with Crippen LogP contribution in [0.1, 0.15) is 21.5 Å². The monoisotopic (exact) mass is 187 g/mol. The van der Waals surface area contributed by atoms with Gasteiger partial charge in [0, 0.05) is 6.08 Å². The van der Waals surface area contributed by atoms with Crippen LogP contribution < -0.4 is 0 Å². The highest BCUT2D eigenvalue weighted by atomic mass is 16.4. The molecule has 0 aliphatic heterocycles. The Morgan fingerprint density at radius 2 is 2.29 bits per heavy atom. The Hall–Kier alpha value is -2.08. The van der Waals surface area contributed by atoms with E-state index < -0.39 is 5.97 Å². The third kappa shape index (κ3) is 2.20. The molecule has 0 aromatic heterocycles. The molecular weight excluding hydrogens is 178 g/mol. The molecule has 14 heavy (non-hydrogen) atoms. The second-order valence-electron chi connectivity index (χ2n) is 2.86. The van der Waals surface area contributed by atoms with Gasteiger partial charge in [-0.3, -0.25) is 0 Å². The number of rotatable bonds is 2. The molecule has 1 N–H and O–H groups in total. The van der Waals surface area contributed by atoms with Crippen LogP contribution in [-0.4, -0.2) is 11.1 Å². The van der Waals surface area contributed by atoms with Crippen LogP contribution in [-0.2, 0) is 0 Å².